The number of carbonyl (C=O) groups excluding carboxylic acids is 8. The summed E-state index contributed by atoms with van der Waals surface area (Å²) < 4.78 is 0. The molecule has 0 aromatic carbocycles. The van der Waals surface area contributed by atoms with E-state index in [-0.39, 0.29) is 37.0 Å². The molecule has 0 aromatic rings. The Labute approximate surface area is 341 Å². The Kier molecular flexibility index (Phi) is 24.1. The number of rotatable bonds is 26. The fraction of sp³-hybridized carbons (Fsp3) is 0.789. The standard InChI is InChI=1S/C38H69N9O9S/c1-22(2)19-29(32(39)50)45-38(56)31(21-48)46-34(52)24(4)41-36(54)28(16-18-57-8)43-33(51)23(3)40-35(53)27(15-12-17-47(6)7)44-37(55)30(42-25(5)49)20-26-13-10-9-11-14-26/h22-24,26-31,48H,9-21H2,1-8H3,(H2,39,50)(H,40,53)(H,41,54)(H,42,49)(H,43,51)(H,44,55)(H,45,56)(H,46,52)/t23-,24-,27-,28-,29-,30-,31-/m0/s1. The lowest BCUT2D eigenvalue weighted by Crippen LogP contribution is -2.59. The van der Waals surface area contributed by atoms with Gasteiger partial charge < -0.3 is 53.0 Å². The average Bonchev–Trinajstić information content (AvgIpc) is 3.13. The molecule has 0 bridgehead atoms. The van der Waals surface area contributed by atoms with E-state index < -0.39 is 90.3 Å². The smallest absolute Gasteiger partial charge is 0.245 e. The van der Waals surface area contributed by atoms with Crippen molar-refractivity contribution in [2.45, 2.75) is 141 Å². The Hall–Kier alpha value is -3.97. The molecule has 1 aliphatic carbocycles. The molecule has 19 heteroatoms. The predicted octanol–water partition coefficient (Wildman–Crippen LogP) is -0.971. The summed E-state index contributed by atoms with van der Waals surface area (Å²) in [7, 11) is 3.77. The van der Waals surface area contributed by atoms with E-state index in [1.54, 1.807) is 0 Å². The second-order valence-corrected chi connectivity index (χ2v) is 16.6. The third-order valence-corrected chi connectivity index (χ3v) is 10.3. The normalized spacial score (nSPS) is 16.8. The van der Waals surface area contributed by atoms with E-state index in [4.69, 9.17) is 5.73 Å². The molecule has 0 saturated heterocycles. The first kappa shape index (κ1) is 51.0. The van der Waals surface area contributed by atoms with Crippen LogP contribution in [0.5, 0.6) is 0 Å². The van der Waals surface area contributed by atoms with E-state index in [2.05, 4.69) is 37.2 Å². The van der Waals surface area contributed by atoms with Gasteiger partial charge >= 0.3 is 0 Å². The molecule has 0 aliphatic heterocycles. The molecule has 57 heavy (non-hydrogen) atoms. The van der Waals surface area contributed by atoms with Gasteiger partial charge in [0, 0.05) is 6.92 Å². The molecule has 18 nitrogen and oxygen atoms in total. The summed E-state index contributed by atoms with van der Waals surface area (Å²) in [5.41, 5.74) is 5.39. The molecule has 1 fully saturated rings. The highest BCUT2D eigenvalue weighted by Crippen LogP contribution is 2.27. The van der Waals surface area contributed by atoms with Crippen LogP contribution >= 0.6 is 11.8 Å². The molecular formula is C38H69N9O9S. The van der Waals surface area contributed by atoms with Gasteiger partial charge in [-0.1, -0.05) is 46.0 Å². The summed E-state index contributed by atoms with van der Waals surface area (Å²) in [6.45, 7) is 7.66. The van der Waals surface area contributed by atoms with E-state index in [0.717, 1.165) is 32.1 Å². The van der Waals surface area contributed by atoms with Gasteiger partial charge in [0.1, 0.15) is 42.3 Å². The summed E-state index contributed by atoms with van der Waals surface area (Å²) >= 11 is 1.42. The van der Waals surface area contributed by atoms with Gasteiger partial charge in [0.05, 0.1) is 6.61 Å². The molecule has 0 radical (unpaired) electrons. The van der Waals surface area contributed by atoms with Crippen LogP contribution in [0, 0.1) is 11.8 Å². The summed E-state index contributed by atoms with van der Waals surface area (Å²) in [6.07, 6.45) is 8.72. The minimum atomic E-state index is -1.44. The summed E-state index contributed by atoms with van der Waals surface area (Å²) in [4.78, 5) is 105. The molecule has 1 saturated carbocycles. The Morgan fingerprint density at radius 2 is 1.14 bits per heavy atom. The second kappa shape index (κ2) is 26.9. The van der Waals surface area contributed by atoms with Gasteiger partial charge in [-0.15, -0.1) is 0 Å². The Bertz CT molecular complexity index is 1350. The first-order valence-electron chi connectivity index (χ1n) is 19.9. The second-order valence-electron chi connectivity index (χ2n) is 15.6. The zero-order valence-electron chi connectivity index (χ0n) is 35.0. The number of nitrogens with two attached hydrogens (primary N) is 1. The summed E-state index contributed by atoms with van der Waals surface area (Å²) in [6, 6.07) is -7.73. The number of thioether (sulfide) groups is 1. The fourth-order valence-corrected chi connectivity index (χ4v) is 6.90. The molecule has 0 heterocycles. The molecule has 10 N–H and O–H groups in total. The quantitative estimate of drug-likeness (QED) is 0.0512. The zero-order chi connectivity index (χ0) is 43.2. The maximum atomic E-state index is 13.6. The Morgan fingerprint density at radius 1 is 0.667 bits per heavy atom. The van der Waals surface area contributed by atoms with Gasteiger partial charge in [-0.3, -0.25) is 38.4 Å². The fourth-order valence-electron chi connectivity index (χ4n) is 6.43. The number of hydrogen-bond donors (Lipinski definition) is 9. The monoisotopic (exact) mass is 827 g/mol. The van der Waals surface area contributed by atoms with E-state index in [1.807, 2.05) is 39.1 Å². The number of nitrogens with zero attached hydrogens (tertiary/aromatic N) is 1. The molecule has 7 atom stereocenters. The molecule has 0 spiro atoms. The first-order valence-corrected chi connectivity index (χ1v) is 21.3. The Balaban J connectivity index is 3.00. The van der Waals surface area contributed by atoms with Crippen molar-refractivity contribution < 1.29 is 43.5 Å². The van der Waals surface area contributed by atoms with Gasteiger partial charge in [0.2, 0.25) is 47.3 Å². The topological polar surface area (TPSA) is 270 Å². The van der Waals surface area contributed by atoms with Crippen molar-refractivity contribution in [1.29, 1.82) is 0 Å². The highest BCUT2D eigenvalue weighted by atomic mass is 32.2. The minimum absolute atomic E-state index is 0.0207. The van der Waals surface area contributed by atoms with Gasteiger partial charge in [-0.25, -0.2) is 0 Å². The van der Waals surface area contributed by atoms with Crippen molar-refractivity contribution in [3.8, 4) is 0 Å². The van der Waals surface area contributed by atoms with Crippen LogP contribution in [0.3, 0.4) is 0 Å². The largest absolute Gasteiger partial charge is 0.394 e. The van der Waals surface area contributed by atoms with Crippen LogP contribution in [-0.2, 0) is 38.4 Å². The lowest BCUT2D eigenvalue weighted by Gasteiger charge is -2.28. The van der Waals surface area contributed by atoms with Crippen LogP contribution < -0.4 is 43.0 Å². The number of carbonyl (C=O) groups is 8. The van der Waals surface area contributed by atoms with Gasteiger partial charge in [0.15, 0.2) is 0 Å². The third kappa shape index (κ3) is 20.3. The SMILES string of the molecule is CSCC[C@H](NC(=O)[C@H](C)NC(=O)[C@H](CCCN(C)C)NC(=O)[C@H](CC1CCCCC1)NC(C)=O)C(=O)N[C@@H](C)C(=O)N[C@@H](CO)C(=O)N[C@@H](CC(C)C)C(N)=O. The summed E-state index contributed by atoms with van der Waals surface area (Å²) in [5.74, 6) is -4.47. The van der Waals surface area contributed by atoms with Crippen molar-refractivity contribution in [3.05, 3.63) is 0 Å². The van der Waals surface area contributed by atoms with Crippen LogP contribution in [0.4, 0.5) is 0 Å². The molecule has 1 aliphatic rings. The van der Waals surface area contributed by atoms with E-state index >= 15 is 0 Å². The molecule has 326 valence electrons. The molecule has 8 amide bonds. The molecular weight excluding hydrogens is 759 g/mol. The lowest BCUT2D eigenvalue weighted by molar-refractivity contribution is -0.135. The van der Waals surface area contributed by atoms with Crippen molar-refractivity contribution in [2.24, 2.45) is 17.6 Å². The zero-order valence-corrected chi connectivity index (χ0v) is 35.9. The van der Waals surface area contributed by atoms with Crippen molar-refractivity contribution in [3.63, 3.8) is 0 Å². The average molecular weight is 828 g/mol. The number of nitrogens with one attached hydrogen (secondary N) is 7. The van der Waals surface area contributed by atoms with E-state index in [0.29, 0.717) is 25.1 Å². The van der Waals surface area contributed by atoms with E-state index in [9.17, 15) is 43.5 Å². The van der Waals surface area contributed by atoms with Crippen LogP contribution in [0.1, 0.15) is 98.8 Å². The highest BCUT2D eigenvalue weighted by Gasteiger charge is 2.32. The number of aliphatic hydroxyl groups is 1. The third-order valence-electron chi connectivity index (χ3n) is 9.65. The van der Waals surface area contributed by atoms with Crippen molar-refractivity contribution >= 4 is 59.0 Å². The van der Waals surface area contributed by atoms with Crippen molar-refractivity contribution in [1.82, 2.24) is 42.1 Å². The summed E-state index contributed by atoms with van der Waals surface area (Å²) in [5, 5.41) is 28.0. The number of amides is 8. The highest BCUT2D eigenvalue weighted by molar-refractivity contribution is 7.98. The van der Waals surface area contributed by atoms with E-state index in [1.165, 1.54) is 32.5 Å². The van der Waals surface area contributed by atoms with Gasteiger partial charge in [-0.05, 0) is 90.4 Å². The van der Waals surface area contributed by atoms with Crippen LogP contribution in [0.25, 0.3) is 0 Å². The first-order chi connectivity index (χ1) is 26.8. The van der Waals surface area contributed by atoms with Crippen LogP contribution in [0.2, 0.25) is 0 Å². The number of hydrogen-bond acceptors (Lipinski definition) is 11. The van der Waals surface area contributed by atoms with Gasteiger partial charge in [0.25, 0.3) is 0 Å². The van der Waals surface area contributed by atoms with Crippen molar-refractivity contribution in [2.75, 3.05) is 39.3 Å². The molecule has 1 rings (SSSR count). The minimum Gasteiger partial charge on any atom is -0.394 e. The van der Waals surface area contributed by atoms with Gasteiger partial charge in [-0.2, -0.15) is 11.8 Å². The maximum absolute atomic E-state index is 13.6. The lowest BCUT2D eigenvalue weighted by atomic mass is 9.84. The van der Waals surface area contributed by atoms with Crippen LogP contribution in [-0.4, -0.2) is 139 Å². The molecule has 0 aromatic heterocycles. The predicted molar refractivity (Wildman–Crippen MR) is 218 cm³/mol. The number of aliphatic hydroxyl groups excluding tert-OH is 1. The molecule has 0 unspecified atom stereocenters. The van der Waals surface area contributed by atoms with Crippen LogP contribution in [0.15, 0.2) is 0 Å². The maximum Gasteiger partial charge on any atom is 0.245 e. The Morgan fingerprint density at radius 3 is 1.61 bits per heavy atom. The number of primary amides is 1.